The van der Waals surface area contributed by atoms with Crippen LogP contribution in [0.4, 0.5) is 10.6 Å². The lowest BCUT2D eigenvalue weighted by molar-refractivity contribution is -0.135. The summed E-state index contributed by atoms with van der Waals surface area (Å²) in [4.78, 5) is 37.0. The highest BCUT2D eigenvalue weighted by atomic mass is 16.2. The average molecular weight is 433 g/mol. The Kier molecular flexibility index (Phi) is 4.73. The van der Waals surface area contributed by atoms with E-state index in [0.29, 0.717) is 36.7 Å². The van der Waals surface area contributed by atoms with E-state index >= 15 is 0 Å². The zero-order chi connectivity index (χ0) is 21.7. The van der Waals surface area contributed by atoms with Crippen molar-refractivity contribution in [1.82, 2.24) is 19.6 Å². The van der Waals surface area contributed by atoms with E-state index in [2.05, 4.69) is 15.0 Å². The van der Waals surface area contributed by atoms with Crippen molar-refractivity contribution in [2.45, 2.75) is 44.6 Å². The summed E-state index contributed by atoms with van der Waals surface area (Å²) in [6, 6.07) is 9.89. The molecule has 0 spiro atoms. The lowest BCUT2D eigenvalue weighted by Crippen LogP contribution is -2.56. The molecule has 0 bridgehead atoms. The first-order valence-electron chi connectivity index (χ1n) is 11.8. The van der Waals surface area contributed by atoms with Crippen LogP contribution in [-0.4, -0.2) is 69.6 Å². The third-order valence-electron chi connectivity index (χ3n) is 7.40. The number of piperidine rings is 1. The molecule has 1 saturated carbocycles. The molecule has 0 N–H and O–H groups in total. The van der Waals surface area contributed by atoms with Gasteiger partial charge >= 0.3 is 6.03 Å². The molecule has 0 unspecified atom stereocenters. The molecule has 32 heavy (non-hydrogen) atoms. The standard InChI is InChI=1S/C24H28N6O2/c31-21(27-13-6-8-17-7-4-5-11-20(17)27)16-29-23-19(22-25-12-14-28(22)24(29)32)15-26-30(23)18-9-2-1-3-10-18/h1-3,9-10,15,17,20H,4-8,11-14,16H2/t17-,20+/m0/s1. The van der Waals surface area contributed by atoms with Crippen molar-refractivity contribution < 1.29 is 9.59 Å². The van der Waals surface area contributed by atoms with Gasteiger partial charge in [-0.05, 0) is 43.7 Å². The van der Waals surface area contributed by atoms with Gasteiger partial charge in [-0.3, -0.25) is 19.6 Å². The monoisotopic (exact) mass is 432 g/mol. The van der Waals surface area contributed by atoms with Crippen LogP contribution in [-0.2, 0) is 4.79 Å². The number of aliphatic imine (C=N–C) groups is 1. The van der Waals surface area contributed by atoms with Crippen molar-refractivity contribution in [1.29, 1.82) is 0 Å². The zero-order valence-corrected chi connectivity index (χ0v) is 18.2. The predicted octanol–water partition coefficient (Wildman–Crippen LogP) is 3.06. The zero-order valence-electron chi connectivity index (χ0n) is 18.2. The molecule has 1 aliphatic carbocycles. The molecule has 8 heteroatoms. The minimum Gasteiger partial charge on any atom is -0.338 e. The number of aromatic nitrogens is 2. The highest BCUT2D eigenvalue weighted by Gasteiger charge is 2.43. The maximum atomic E-state index is 13.6. The van der Waals surface area contributed by atoms with Crippen LogP contribution < -0.4 is 4.90 Å². The Hall–Kier alpha value is -3.16. The minimum absolute atomic E-state index is 0.0390. The first kappa shape index (κ1) is 19.5. The third kappa shape index (κ3) is 3.04. The van der Waals surface area contributed by atoms with Crippen LogP contribution >= 0.6 is 0 Å². The van der Waals surface area contributed by atoms with Gasteiger partial charge in [0.2, 0.25) is 5.91 Å². The van der Waals surface area contributed by atoms with E-state index < -0.39 is 0 Å². The van der Waals surface area contributed by atoms with E-state index in [1.807, 2.05) is 30.3 Å². The fourth-order valence-electron chi connectivity index (χ4n) is 5.92. The van der Waals surface area contributed by atoms with Crippen molar-refractivity contribution in [3.05, 3.63) is 42.1 Å². The summed E-state index contributed by atoms with van der Waals surface area (Å²) in [5.74, 6) is 1.97. The van der Waals surface area contributed by atoms with Crippen LogP contribution in [0.2, 0.25) is 0 Å². The number of para-hydroxylation sites is 1. The van der Waals surface area contributed by atoms with E-state index in [1.54, 1.807) is 20.7 Å². The molecule has 1 aromatic heterocycles. The van der Waals surface area contributed by atoms with Crippen LogP contribution in [0, 0.1) is 5.92 Å². The number of urea groups is 1. The number of carbonyl (C=O) groups is 2. The number of hydrogen-bond acceptors (Lipinski definition) is 4. The van der Waals surface area contributed by atoms with Crippen LogP contribution in [0.5, 0.6) is 0 Å². The second-order valence-electron chi connectivity index (χ2n) is 9.20. The molecule has 3 amide bonds. The number of amidine groups is 1. The summed E-state index contributed by atoms with van der Waals surface area (Å²) in [7, 11) is 0. The summed E-state index contributed by atoms with van der Waals surface area (Å²) in [6.45, 7) is 1.96. The molecule has 2 aromatic rings. The molecule has 0 radical (unpaired) electrons. The summed E-state index contributed by atoms with van der Waals surface area (Å²) >= 11 is 0. The number of carbonyl (C=O) groups excluding carboxylic acids is 2. The molecule has 166 valence electrons. The summed E-state index contributed by atoms with van der Waals surface area (Å²) in [5.41, 5.74) is 1.67. The van der Waals surface area contributed by atoms with Gasteiger partial charge in [-0.15, -0.1) is 0 Å². The number of fused-ring (bicyclic) bond motifs is 4. The summed E-state index contributed by atoms with van der Waals surface area (Å²) < 4.78 is 1.76. The van der Waals surface area contributed by atoms with Crippen LogP contribution in [0.3, 0.4) is 0 Å². The number of likely N-dealkylation sites (tertiary alicyclic amines) is 1. The fourth-order valence-corrected chi connectivity index (χ4v) is 5.92. The van der Waals surface area contributed by atoms with Gasteiger partial charge in [0.05, 0.1) is 24.0 Å². The minimum atomic E-state index is -0.183. The Labute approximate surface area is 187 Å². The van der Waals surface area contributed by atoms with Crippen LogP contribution in [0.25, 0.3) is 5.69 Å². The summed E-state index contributed by atoms with van der Waals surface area (Å²) in [6.07, 6.45) is 8.79. The molecule has 3 aliphatic heterocycles. The molecule has 2 atom stereocenters. The molecule has 6 rings (SSSR count). The van der Waals surface area contributed by atoms with Gasteiger partial charge in [0.15, 0.2) is 5.82 Å². The van der Waals surface area contributed by atoms with Crippen molar-refractivity contribution in [3.8, 4) is 5.69 Å². The molecule has 1 saturated heterocycles. The largest absolute Gasteiger partial charge is 0.338 e. The van der Waals surface area contributed by atoms with Gasteiger partial charge in [0.25, 0.3) is 0 Å². The Balaban J connectivity index is 1.36. The molecule has 1 aromatic carbocycles. The van der Waals surface area contributed by atoms with Gasteiger partial charge in [-0.1, -0.05) is 31.0 Å². The van der Waals surface area contributed by atoms with E-state index in [9.17, 15) is 9.59 Å². The molecular weight excluding hydrogens is 404 g/mol. The Morgan fingerprint density at radius 1 is 1.03 bits per heavy atom. The maximum Gasteiger partial charge on any atom is 0.331 e. The van der Waals surface area contributed by atoms with Crippen molar-refractivity contribution in [2.24, 2.45) is 10.9 Å². The van der Waals surface area contributed by atoms with Crippen molar-refractivity contribution in [3.63, 3.8) is 0 Å². The van der Waals surface area contributed by atoms with E-state index in [0.717, 1.165) is 30.6 Å². The van der Waals surface area contributed by atoms with Crippen LogP contribution in [0.1, 0.15) is 44.1 Å². The van der Waals surface area contributed by atoms with Gasteiger partial charge in [0.1, 0.15) is 12.4 Å². The number of rotatable bonds is 3. The number of nitrogens with zero attached hydrogens (tertiary/aromatic N) is 6. The van der Waals surface area contributed by atoms with E-state index in [-0.39, 0.29) is 18.5 Å². The van der Waals surface area contributed by atoms with E-state index in [4.69, 9.17) is 0 Å². The molecule has 2 fully saturated rings. The van der Waals surface area contributed by atoms with Gasteiger partial charge in [-0.2, -0.15) is 5.10 Å². The number of benzene rings is 1. The SMILES string of the molecule is O=C1N2CCN=C2c2cnn(-c3ccccc3)c2N1CC(=O)N1CCC[C@@H]2CCCC[C@H]21. The number of anilines is 1. The molecule has 4 heterocycles. The Morgan fingerprint density at radius 2 is 1.84 bits per heavy atom. The molecular formula is C24H28N6O2. The Morgan fingerprint density at radius 3 is 2.72 bits per heavy atom. The molecule has 4 aliphatic rings. The quantitative estimate of drug-likeness (QED) is 0.748. The maximum absolute atomic E-state index is 13.6. The lowest BCUT2D eigenvalue weighted by Gasteiger charge is -2.45. The smallest absolute Gasteiger partial charge is 0.331 e. The normalized spacial score (nSPS) is 24.7. The first-order chi connectivity index (χ1) is 15.7. The highest BCUT2D eigenvalue weighted by Crippen LogP contribution is 2.37. The molecule has 8 nitrogen and oxygen atoms in total. The first-order valence-corrected chi connectivity index (χ1v) is 11.8. The van der Waals surface area contributed by atoms with E-state index in [1.165, 1.54) is 25.7 Å². The third-order valence-corrected chi connectivity index (χ3v) is 7.40. The van der Waals surface area contributed by atoms with Gasteiger partial charge in [-0.25, -0.2) is 9.48 Å². The predicted molar refractivity (Wildman–Crippen MR) is 121 cm³/mol. The Bertz CT molecular complexity index is 1080. The average Bonchev–Trinajstić information content (AvgIpc) is 3.49. The topological polar surface area (TPSA) is 74.0 Å². The fraction of sp³-hybridized carbons (Fsp3) is 0.500. The van der Waals surface area contributed by atoms with Crippen molar-refractivity contribution in [2.75, 3.05) is 31.1 Å². The second kappa shape index (κ2) is 7.76. The van der Waals surface area contributed by atoms with Crippen molar-refractivity contribution >= 4 is 23.6 Å². The van der Waals surface area contributed by atoms with Gasteiger partial charge < -0.3 is 4.90 Å². The lowest BCUT2D eigenvalue weighted by atomic mass is 9.78. The summed E-state index contributed by atoms with van der Waals surface area (Å²) in [5, 5.41) is 4.59. The van der Waals surface area contributed by atoms with Gasteiger partial charge in [0, 0.05) is 19.1 Å². The number of hydrogen-bond donors (Lipinski definition) is 0. The second-order valence-corrected chi connectivity index (χ2v) is 9.20. The number of amides is 3. The highest BCUT2D eigenvalue weighted by molar-refractivity contribution is 6.20. The van der Waals surface area contributed by atoms with Crippen LogP contribution in [0.15, 0.2) is 41.5 Å².